The van der Waals surface area contributed by atoms with Crippen LogP contribution in [0, 0.1) is 6.92 Å². The fourth-order valence-electron chi connectivity index (χ4n) is 2.33. The molecule has 2 heterocycles. The predicted octanol–water partition coefficient (Wildman–Crippen LogP) is 2.58. The highest BCUT2D eigenvalue weighted by Gasteiger charge is 2.21. The van der Waals surface area contributed by atoms with Gasteiger partial charge in [-0.1, -0.05) is 32.9 Å². The molecule has 1 fully saturated rings. The molecule has 106 valence electrons. The standard InChI is InChI=1S/C17H22N2O/c1-12-11-15(4)18(17(12)6)10-9-16(5)20-19-13(2)7-8-14(19)3/h11H,2-10H2,1H3. The molecular weight excluding hydrogens is 248 g/mol. The average molecular weight is 270 g/mol. The van der Waals surface area contributed by atoms with Crippen molar-refractivity contribution < 1.29 is 4.84 Å². The van der Waals surface area contributed by atoms with Gasteiger partial charge in [0.2, 0.25) is 0 Å². The zero-order valence-electron chi connectivity index (χ0n) is 12.2. The van der Waals surface area contributed by atoms with Crippen molar-refractivity contribution in [3.8, 4) is 0 Å². The quantitative estimate of drug-likeness (QED) is 0.765. The van der Waals surface area contributed by atoms with E-state index in [0.29, 0.717) is 12.2 Å². The molecule has 20 heavy (non-hydrogen) atoms. The molecule has 0 radical (unpaired) electrons. The first-order chi connectivity index (χ1) is 9.40. The maximum absolute atomic E-state index is 5.73. The van der Waals surface area contributed by atoms with Crippen molar-refractivity contribution >= 4 is 13.2 Å². The van der Waals surface area contributed by atoms with E-state index < -0.39 is 0 Å². The second-order valence-corrected chi connectivity index (χ2v) is 5.22. The van der Waals surface area contributed by atoms with Crippen molar-refractivity contribution in [2.75, 3.05) is 0 Å². The molecule has 0 bridgehead atoms. The van der Waals surface area contributed by atoms with Crippen LogP contribution in [0.5, 0.6) is 0 Å². The summed E-state index contributed by atoms with van der Waals surface area (Å²) in [6.07, 6.45) is 2.50. The summed E-state index contributed by atoms with van der Waals surface area (Å²) in [5.41, 5.74) is 3.02. The Kier molecular flexibility index (Phi) is 3.89. The molecule has 1 aromatic heterocycles. The highest BCUT2D eigenvalue weighted by atomic mass is 16.7. The highest BCUT2D eigenvalue weighted by Crippen LogP contribution is 2.29. The molecule has 0 saturated carbocycles. The molecule has 0 atom stereocenters. The molecule has 1 aromatic rings. The largest absolute Gasteiger partial charge is 0.380 e. The second kappa shape index (κ2) is 5.45. The molecule has 0 aromatic carbocycles. The molecule has 1 aliphatic rings. The van der Waals surface area contributed by atoms with Crippen molar-refractivity contribution in [1.82, 2.24) is 9.63 Å². The molecule has 0 amide bonds. The van der Waals surface area contributed by atoms with Crippen LogP contribution in [0.3, 0.4) is 0 Å². The Morgan fingerprint density at radius 1 is 1.20 bits per heavy atom. The lowest BCUT2D eigenvalue weighted by molar-refractivity contribution is -0.0514. The van der Waals surface area contributed by atoms with E-state index in [9.17, 15) is 0 Å². The smallest absolute Gasteiger partial charge is 0.127 e. The monoisotopic (exact) mass is 270 g/mol. The first-order valence-corrected chi connectivity index (χ1v) is 6.75. The lowest BCUT2D eigenvalue weighted by atomic mass is 10.3. The number of nitrogens with zero attached hydrogens (tertiary/aromatic N) is 2. The van der Waals surface area contributed by atoms with Gasteiger partial charge in [-0.05, 0) is 31.4 Å². The molecular formula is C17H22N2O. The van der Waals surface area contributed by atoms with Crippen molar-refractivity contribution in [1.29, 1.82) is 0 Å². The van der Waals surface area contributed by atoms with Crippen LogP contribution in [0.1, 0.15) is 24.8 Å². The molecule has 1 aliphatic heterocycles. The molecule has 2 rings (SSSR count). The zero-order valence-corrected chi connectivity index (χ0v) is 12.2. The van der Waals surface area contributed by atoms with Crippen LogP contribution in [0.2, 0.25) is 0 Å². The van der Waals surface area contributed by atoms with Gasteiger partial charge in [-0.25, -0.2) is 0 Å². The minimum atomic E-state index is 0.694. The van der Waals surface area contributed by atoms with Gasteiger partial charge >= 0.3 is 0 Å². The van der Waals surface area contributed by atoms with Crippen LogP contribution >= 0.6 is 0 Å². The highest BCUT2D eigenvalue weighted by molar-refractivity contribution is 5.19. The fraction of sp³-hybridized carbons (Fsp3) is 0.294. The molecule has 0 N–H and O–H groups in total. The third-order valence-electron chi connectivity index (χ3n) is 3.62. The van der Waals surface area contributed by atoms with E-state index in [-0.39, 0.29) is 0 Å². The van der Waals surface area contributed by atoms with E-state index in [1.165, 1.54) is 0 Å². The molecule has 1 saturated heterocycles. The normalized spacial score (nSPS) is 14.9. The maximum Gasteiger partial charge on any atom is 0.127 e. The van der Waals surface area contributed by atoms with E-state index in [4.69, 9.17) is 4.84 Å². The summed E-state index contributed by atoms with van der Waals surface area (Å²) < 4.78 is 2.08. The Morgan fingerprint density at radius 2 is 1.80 bits per heavy atom. The summed E-state index contributed by atoms with van der Waals surface area (Å²) in [6, 6.07) is 2.04. The van der Waals surface area contributed by atoms with Crippen LogP contribution in [0.4, 0.5) is 0 Å². The van der Waals surface area contributed by atoms with Gasteiger partial charge in [0.1, 0.15) is 5.76 Å². The van der Waals surface area contributed by atoms with E-state index in [1.807, 2.05) is 13.0 Å². The minimum Gasteiger partial charge on any atom is -0.380 e. The first-order valence-electron chi connectivity index (χ1n) is 6.75. The Hall–Kier alpha value is -2.16. The van der Waals surface area contributed by atoms with E-state index in [2.05, 4.69) is 37.5 Å². The third kappa shape index (κ3) is 2.72. The number of aryl methyl sites for hydroxylation is 1. The first kappa shape index (κ1) is 14.3. The van der Waals surface area contributed by atoms with Gasteiger partial charge in [0, 0.05) is 23.7 Å². The molecule has 0 unspecified atom stereocenters. The van der Waals surface area contributed by atoms with Gasteiger partial charge in [0.15, 0.2) is 0 Å². The van der Waals surface area contributed by atoms with Crippen molar-refractivity contribution in [3.63, 3.8) is 0 Å². The Morgan fingerprint density at radius 3 is 2.30 bits per heavy atom. The van der Waals surface area contributed by atoms with Crippen molar-refractivity contribution in [2.45, 2.75) is 32.7 Å². The minimum absolute atomic E-state index is 0.694. The molecule has 3 heteroatoms. The Labute approximate surface area is 120 Å². The van der Waals surface area contributed by atoms with Gasteiger partial charge in [0.25, 0.3) is 0 Å². The van der Waals surface area contributed by atoms with Crippen LogP contribution in [-0.4, -0.2) is 9.63 Å². The Balaban J connectivity index is 1.96. The second-order valence-electron chi connectivity index (χ2n) is 5.22. The number of allylic oxidation sites excluding steroid dienone is 3. The number of hydroxylamine groups is 2. The van der Waals surface area contributed by atoms with Crippen LogP contribution in [0.15, 0.2) is 43.0 Å². The summed E-state index contributed by atoms with van der Waals surface area (Å²) in [6.45, 7) is 22.8. The van der Waals surface area contributed by atoms with Gasteiger partial charge in [-0.3, -0.25) is 0 Å². The summed E-state index contributed by atoms with van der Waals surface area (Å²) in [5.74, 6) is 0.694. The topological polar surface area (TPSA) is 17.4 Å². The van der Waals surface area contributed by atoms with E-state index >= 15 is 0 Å². The average Bonchev–Trinajstić information content (AvgIpc) is 2.82. The lowest BCUT2D eigenvalue weighted by Gasteiger charge is -2.22. The van der Waals surface area contributed by atoms with E-state index in [0.717, 1.165) is 47.0 Å². The van der Waals surface area contributed by atoms with Crippen molar-refractivity contribution in [2.24, 2.45) is 0 Å². The number of hydrogen-bond acceptors (Lipinski definition) is 2. The summed E-state index contributed by atoms with van der Waals surface area (Å²) in [5, 5.41) is 3.66. The van der Waals surface area contributed by atoms with Crippen LogP contribution in [0.25, 0.3) is 13.2 Å². The lowest BCUT2D eigenvalue weighted by Crippen LogP contribution is -2.26. The predicted molar refractivity (Wildman–Crippen MR) is 83.7 cm³/mol. The Bertz CT molecular complexity index is 650. The number of aromatic nitrogens is 1. The third-order valence-corrected chi connectivity index (χ3v) is 3.62. The molecule has 0 spiro atoms. The summed E-state index contributed by atoms with van der Waals surface area (Å²) in [4.78, 5) is 5.73. The van der Waals surface area contributed by atoms with E-state index in [1.54, 1.807) is 5.06 Å². The molecule has 3 nitrogen and oxygen atoms in total. The van der Waals surface area contributed by atoms with Gasteiger partial charge in [0.05, 0.1) is 11.4 Å². The van der Waals surface area contributed by atoms with Crippen molar-refractivity contribution in [3.05, 3.63) is 59.2 Å². The van der Waals surface area contributed by atoms with Crippen LogP contribution in [-0.2, 0) is 11.4 Å². The fourth-order valence-corrected chi connectivity index (χ4v) is 2.33. The summed E-state index contributed by atoms with van der Waals surface area (Å²) >= 11 is 0. The zero-order chi connectivity index (χ0) is 14.9. The SMILES string of the molecule is C=C(CCn1c(=C)cc(C)c1=C)ON1C(=C)CCC1=C. The number of hydrogen-bond donors (Lipinski definition) is 0. The molecule has 0 aliphatic carbocycles. The van der Waals surface area contributed by atoms with Gasteiger partial charge in [-0.15, -0.1) is 0 Å². The van der Waals surface area contributed by atoms with Gasteiger partial charge < -0.3 is 9.40 Å². The maximum atomic E-state index is 5.73. The number of rotatable bonds is 5. The summed E-state index contributed by atoms with van der Waals surface area (Å²) in [7, 11) is 0. The van der Waals surface area contributed by atoms with Gasteiger partial charge in [-0.2, -0.15) is 5.06 Å². The van der Waals surface area contributed by atoms with Crippen LogP contribution < -0.4 is 10.7 Å².